The molecule has 1 fully saturated rings. The first-order valence-corrected chi connectivity index (χ1v) is 8.83. The van der Waals surface area contributed by atoms with Gasteiger partial charge in [-0.15, -0.1) is 0 Å². The van der Waals surface area contributed by atoms with Gasteiger partial charge >= 0.3 is 0 Å². The maximum atomic E-state index is 9.71. The summed E-state index contributed by atoms with van der Waals surface area (Å²) in [6.07, 6.45) is 5.93. The lowest BCUT2D eigenvalue weighted by molar-refractivity contribution is 0.745. The number of imidazole rings is 1. The molecule has 2 aromatic heterocycles. The second-order valence-corrected chi connectivity index (χ2v) is 6.68. The van der Waals surface area contributed by atoms with E-state index < -0.39 is 0 Å². The van der Waals surface area contributed by atoms with Gasteiger partial charge in [0.05, 0.1) is 16.6 Å². The summed E-state index contributed by atoms with van der Waals surface area (Å²) in [6, 6.07) is 11.0. The van der Waals surface area contributed by atoms with Gasteiger partial charge in [0.1, 0.15) is 11.9 Å². The number of nitrogens with zero attached hydrogens (tertiary/aromatic N) is 3. The van der Waals surface area contributed by atoms with Crippen molar-refractivity contribution in [3.63, 3.8) is 0 Å². The smallest absolute Gasteiger partial charge is 0.157 e. The number of hydrogen-bond acceptors (Lipinski definition) is 3. The van der Waals surface area contributed by atoms with E-state index in [9.17, 15) is 5.26 Å². The first-order valence-electron chi connectivity index (χ1n) is 8.83. The van der Waals surface area contributed by atoms with E-state index in [1.165, 1.54) is 31.2 Å². The summed E-state index contributed by atoms with van der Waals surface area (Å²) < 4.78 is 2.16. The van der Waals surface area contributed by atoms with Crippen molar-refractivity contribution in [3.8, 4) is 6.07 Å². The Morgan fingerprint density at radius 1 is 1.29 bits per heavy atom. The lowest BCUT2D eigenvalue weighted by atomic mass is 10.0. The van der Waals surface area contributed by atoms with Crippen LogP contribution in [-0.4, -0.2) is 15.4 Å². The molecule has 24 heavy (non-hydrogen) atoms. The number of fused-ring (bicyclic) bond motifs is 3. The van der Waals surface area contributed by atoms with Crippen molar-refractivity contribution in [2.75, 3.05) is 5.32 Å². The Morgan fingerprint density at radius 3 is 2.75 bits per heavy atom. The number of hydrogen-bond donors (Lipinski definition) is 1. The van der Waals surface area contributed by atoms with Crippen LogP contribution in [0.15, 0.2) is 24.3 Å². The number of anilines is 1. The predicted molar refractivity (Wildman–Crippen MR) is 97.4 cm³/mol. The summed E-state index contributed by atoms with van der Waals surface area (Å²) in [5.41, 5.74) is 5.77. The van der Waals surface area contributed by atoms with Crippen molar-refractivity contribution in [1.29, 1.82) is 5.26 Å². The normalized spacial score (nSPS) is 15.2. The molecule has 0 atom stereocenters. The van der Waals surface area contributed by atoms with Crippen LogP contribution in [0, 0.1) is 18.3 Å². The monoisotopic (exact) mass is 318 g/mol. The minimum Gasteiger partial charge on any atom is -0.368 e. The van der Waals surface area contributed by atoms with Crippen LogP contribution in [0.3, 0.4) is 0 Å². The van der Waals surface area contributed by atoms with Crippen molar-refractivity contribution < 1.29 is 0 Å². The Kier molecular flexibility index (Phi) is 3.65. The number of pyridine rings is 1. The van der Waals surface area contributed by atoms with Crippen LogP contribution in [0.2, 0.25) is 0 Å². The van der Waals surface area contributed by atoms with E-state index in [-0.39, 0.29) is 0 Å². The molecule has 4 rings (SSSR count). The number of nitriles is 1. The standard InChI is InChI=1S/C20H22N4/c1-3-15-13(2)16(12-21)20-23-17-10-6-7-11-18(17)24(20)19(15)22-14-8-4-5-9-14/h6-7,10-11,14,22H,3-5,8-9H2,1-2H3. The van der Waals surface area contributed by atoms with Crippen LogP contribution >= 0.6 is 0 Å². The zero-order chi connectivity index (χ0) is 16.7. The number of rotatable bonds is 3. The van der Waals surface area contributed by atoms with E-state index in [0.29, 0.717) is 11.6 Å². The molecule has 1 saturated carbocycles. The zero-order valence-electron chi connectivity index (χ0n) is 14.3. The number of para-hydroxylation sites is 2. The zero-order valence-corrected chi connectivity index (χ0v) is 14.3. The van der Waals surface area contributed by atoms with E-state index in [1.807, 2.05) is 18.2 Å². The van der Waals surface area contributed by atoms with Crippen molar-refractivity contribution in [1.82, 2.24) is 9.38 Å². The van der Waals surface area contributed by atoms with Gasteiger partial charge in [0.25, 0.3) is 0 Å². The number of nitrogens with one attached hydrogen (secondary N) is 1. The highest BCUT2D eigenvalue weighted by molar-refractivity contribution is 5.86. The molecule has 0 radical (unpaired) electrons. The molecule has 4 heteroatoms. The summed E-state index contributed by atoms with van der Waals surface area (Å²) in [7, 11) is 0. The third kappa shape index (κ3) is 2.16. The van der Waals surface area contributed by atoms with Crippen LogP contribution in [0.25, 0.3) is 16.7 Å². The van der Waals surface area contributed by atoms with Gasteiger partial charge in [-0.05, 0) is 49.4 Å². The first kappa shape index (κ1) is 15.0. The number of aromatic nitrogens is 2. The minimum absolute atomic E-state index is 0.520. The van der Waals surface area contributed by atoms with Gasteiger partial charge in [-0.2, -0.15) is 5.26 Å². The molecule has 1 aromatic carbocycles. The van der Waals surface area contributed by atoms with Crippen molar-refractivity contribution in [2.24, 2.45) is 0 Å². The molecule has 0 bridgehead atoms. The first-order chi connectivity index (χ1) is 11.7. The Balaban J connectivity index is 2.08. The Labute approximate surface area is 142 Å². The summed E-state index contributed by atoms with van der Waals surface area (Å²) in [5.74, 6) is 1.13. The molecule has 1 aliphatic carbocycles. The van der Waals surface area contributed by atoms with E-state index >= 15 is 0 Å². The van der Waals surface area contributed by atoms with E-state index in [4.69, 9.17) is 4.98 Å². The molecule has 4 nitrogen and oxygen atoms in total. The Morgan fingerprint density at radius 2 is 2.04 bits per heavy atom. The molecular formula is C20H22N4. The van der Waals surface area contributed by atoms with Crippen molar-refractivity contribution in [3.05, 3.63) is 41.0 Å². The van der Waals surface area contributed by atoms with Gasteiger partial charge in [-0.1, -0.05) is 31.9 Å². The van der Waals surface area contributed by atoms with Crippen LogP contribution < -0.4 is 5.32 Å². The lowest BCUT2D eigenvalue weighted by Gasteiger charge is -2.21. The molecule has 1 aliphatic rings. The highest BCUT2D eigenvalue weighted by Crippen LogP contribution is 2.33. The van der Waals surface area contributed by atoms with E-state index in [1.54, 1.807) is 0 Å². The molecule has 0 aliphatic heterocycles. The minimum atomic E-state index is 0.520. The third-order valence-electron chi connectivity index (χ3n) is 5.28. The molecule has 0 amide bonds. The Hall–Kier alpha value is -2.54. The Bertz CT molecular complexity index is 955. The molecule has 2 heterocycles. The summed E-state index contributed by atoms with van der Waals surface area (Å²) in [4.78, 5) is 4.76. The van der Waals surface area contributed by atoms with Crippen LogP contribution in [0.4, 0.5) is 5.82 Å². The van der Waals surface area contributed by atoms with Crippen LogP contribution in [0.1, 0.15) is 49.3 Å². The average molecular weight is 318 g/mol. The summed E-state index contributed by atoms with van der Waals surface area (Å²) in [5, 5.41) is 13.5. The number of benzene rings is 1. The highest BCUT2D eigenvalue weighted by Gasteiger charge is 2.23. The molecule has 1 N–H and O–H groups in total. The fraction of sp³-hybridized carbons (Fsp3) is 0.400. The van der Waals surface area contributed by atoms with Crippen LogP contribution in [0.5, 0.6) is 0 Å². The second kappa shape index (κ2) is 5.83. The maximum Gasteiger partial charge on any atom is 0.157 e. The molecule has 0 unspecified atom stereocenters. The largest absolute Gasteiger partial charge is 0.368 e. The highest BCUT2D eigenvalue weighted by atomic mass is 15.1. The molecule has 0 spiro atoms. The molecular weight excluding hydrogens is 296 g/mol. The predicted octanol–water partition coefficient (Wildman–Crippen LogP) is 4.58. The molecule has 122 valence electrons. The molecule has 3 aromatic rings. The lowest BCUT2D eigenvalue weighted by Crippen LogP contribution is -2.19. The van der Waals surface area contributed by atoms with Gasteiger partial charge in [-0.3, -0.25) is 4.40 Å². The quantitative estimate of drug-likeness (QED) is 0.768. The van der Waals surface area contributed by atoms with Crippen molar-refractivity contribution in [2.45, 2.75) is 52.0 Å². The molecule has 0 saturated heterocycles. The van der Waals surface area contributed by atoms with Gasteiger partial charge in [-0.25, -0.2) is 4.98 Å². The van der Waals surface area contributed by atoms with Crippen LogP contribution in [-0.2, 0) is 6.42 Å². The van der Waals surface area contributed by atoms with Gasteiger partial charge in [0.15, 0.2) is 5.65 Å². The van der Waals surface area contributed by atoms with Gasteiger partial charge in [0.2, 0.25) is 0 Å². The topological polar surface area (TPSA) is 53.1 Å². The van der Waals surface area contributed by atoms with Gasteiger partial charge in [0, 0.05) is 6.04 Å². The second-order valence-electron chi connectivity index (χ2n) is 6.68. The fourth-order valence-electron chi connectivity index (χ4n) is 4.03. The third-order valence-corrected chi connectivity index (χ3v) is 5.28. The average Bonchev–Trinajstić information content (AvgIpc) is 3.22. The summed E-state index contributed by atoms with van der Waals surface area (Å²) >= 11 is 0. The van der Waals surface area contributed by atoms with Gasteiger partial charge < -0.3 is 5.32 Å². The van der Waals surface area contributed by atoms with E-state index in [2.05, 4.69) is 35.7 Å². The SMILES string of the molecule is CCc1c(C)c(C#N)c2nc3ccccc3n2c1NC1CCCC1. The van der Waals surface area contributed by atoms with Crippen molar-refractivity contribution >= 4 is 22.5 Å². The summed E-state index contributed by atoms with van der Waals surface area (Å²) in [6.45, 7) is 4.21. The maximum absolute atomic E-state index is 9.71. The fourth-order valence-corrected chi connectivity index (χ4v) is 4.03. The van der Waals surface area contributed by atoms with E-state index in [0.717, 1.165) is 34.5 Å².